The standard InChI is InChI=1S/C19H22N2O4/c1-13(15-7-9-17(10-8-15)25-12-18(20)22)21-19(23)16-5-3-14(4-6-16)11-24-2/h3-10,13H,11-12H2,1-2H3,(H2,20,22)(H,21,23)/t13-/m0/s1. The Morgan fingerprint density at radius 3 is 2.28 bits per heavy atom. The van der Waals surface area contributed by atoms with Crippen LogP contribution in [-0.2, 0) is 16.1 Å². The molecular weight excluding hydrogens is 320 g/mol. The Kier molecular flexibility index (Phi) is 6.54. The summed E-state index contributed by atoms with van der Waals surface area (Å²) in [5, 5.41) is 2.95. The highest BCUT2D eigenvalue weighted by atomic mass is 16.5. The molecule has 2 amide bonds. The fourth-order valence-corrected chi connectivity index (χ4v) is 2.29. The molecule has 3 N–H and O–H groups in total. The van der Waals surface area contributed by atoms with Crippen LogP contribution in [0.2, 0.25) is 0 Å². The van der Waals surface area contributed by atoms with E-state index in [-0.39, 0.29) is 18.6 Å². The SMILES string of the molecule is COCc1ccc(C(=O)N[C@@H](C)c2ccc(OCC(N)=O)cc2)cc1. The first kappa shape index (κ1) is 18.5. The second-order valence-electron chi connectivity index (χ2n) is 5.65. The number of hydrogen-bond acceptors (Lipinski definition) is 4. The third kappa shape index (κ3) is 5.61. The van der Waals surface area contributed by atoms with Crippen molar-refractivity contribution in [2.24, 2.45) is 5.73 Å². The third-order valence-electron chi connectivity index (χ3n) is 3.64. The van der Waals surface area contributed by atoms with Gasteiger partial charge in [-0.25, -0.2) is 0 Å². The number of rotatable bonds is 8. The van der Waals surface area contributed by atoms with Gasteiger partial charge in [-0.1, -0.05) is 24.3 Å². The van der Waals surface area contributed by atoms with E-state index in [4.69, 9.17) is 15.2 Å². The van der Waals surface area contributed by atoms with Crippen LogP contribution in [0.3, 0.4) is 0 Å². The van der Waals surface area contributed by atoms with Crippen LogP contribution >= 0.6 is 0 Å². The number of nitrogens with two attached hydrogens (primary N) is 1. The molecule has 0 heterocycles. The van der Waals surface area contributed by atoms with Crippen LogP contribution in [0, 0.1) is 0 Å². The number of carbonyl (C=O) groups excluding carboxylic acids is 2. The molecule has 6 heteroatoms. The number of benzene rings is 2. The number of ether oxygens (including phenoxy) is 2. The van der Waals surface area contributed by atoms with Gasteiger partial charge in [0.2, 0.25) is 0 Å². The van der Waals surface area contributed by atoms with Gasteiger partial charge >= 0.3 is 0 Å². The summed E-state index contributed by atoms with van der Waals surface area (Å²) >= 11 is 0. The molecular formula is C19H22N2O4. The predicted octanol–water partition coefficient (Wildman–Crippen LogP) is 2.19. The number of nitrogens with one attached hydrogen (secondary N) is 1. The van der Waals surface area contributed by atoms with E-state index < -0.39 is 5.91 Å². The lowest BCUT2D eigenvalue weighted by Gasteiger charge is -2.15. The van der Waals surface area contributed by atoms with Gasteiger partial charge in [0.05, 0.1) is 12.6 Å². The quantitative estimate of drug-likeness (QED) is 0.769. The van der Waals surface area contributed by atoms with Crippen molar-refractivity contribution < 1.29 is 19.1 Å². The van der Waals surface area contributed by atoms with Gasteiger partial charge in [0.15, 0.2) is 6.61 Å². The molecule has 1 atom stereocenters. The molecule has 0 spiro atoms. The Morgan fingerprint density at radius 2 is 1.72 bits per heavy atom. The Morgan fingerprint density at radius 1 is 1.08 bits per heavy atom. The Bertz CT molecular complexity index is 711. The van der Waals surface area contributed by atoms with E-state index in [1.165, 1.54) is 0 Å². The molecule has 25 heavy (non-hydrogen) atoms. The maximum absolute atomic E-state index is 12.3. The summed E-state index contributed by atoms with van der Waals surface area (Å²) in [6.45, 7) is 2.25. The minimum absolute atomic E-state index is 0.148. The van der Waals surface area contributed by atoms with Crippen molar-refractivity contribution in [2.45, 2.75) is 19.6 Å². The van der Waals surface area contributed by atoms with Crippen molar-refractivity contribution in [3.8, 4) is 5.75 Å². The Balaban J connectivity index is 1.94. The van der Waals surface area contributed by atoms with Crippen LogP contribution in [0.5, 0.6) is 5.75 Å². The molecule has 0 aliphatic heterocycles. The summed E-state index contributed by atoms with van der Waals surface area (Å²) in [5.41, 5.74) is 7.57. The minimum atomic E-state index is -0.527. The van der Waals surface area contributed by atoms with Gasteiger partial charge in [-0.3, -0.25) is 9.59 Å². The smallest absolute Gasteiger partial charge is 0.255 e. The van der Waals surface area contributed by atoms with Crippen molar-refractivity contribution in [3.05, 3.63) is 65.2 Å². The monoisotopic (exact) mass is 342 g/mol. The predicted molar refractivity (Wildman–Crippen MR) is 94.2 cm³/mol. The lowest BCUT2D eigenvalue weighted by atomic mass is 10.1. The highest BCUT2D eigenvalue weighted by molar-refractivity contribution is 5.94. The van der Waals surface area contributed by atoms with Crippen molar-refractivity contribution in [3.63, 3.8) is 0 Å². The summed E-state index contributed by atoms with van der Waals surface area (Å²) in [6, 6.07) is 14.3. The first-order valence-corrected chi connectivity index (χ1v) is 7.89. The normalized spacial score (nSPS) is 11.6. The second-order valence-corrected chi connectivity index (χ2v) is 5.65. The van der Waals surface area contributed by atoms with Crippen LogP contribution < -0.4 is 15.8 Å². The number of carbonyl (C=O) groups is 2. The number of methoxy groups -OCH3 is 1. The maximum Gasteiger partial charge on any atom is 0.255 e. The molecule has 0 aliphatic carbocycles. The largest absolute Gasteiger partial charge is 0.484 e. The highest BCUT2D eigenvalue weighted by Crippen LogP contribution is 2.18. The fourth-order valence-electron chi connectivity index (χ4n) is 2.29. The number of primary amides is 1. The Hall–Kier alpha value is -2.86. The van der Waals surface area contributed by atoms with Crippen LogP contribution in [0.4, 0.5) is 0 Å². The zero-order chi connectivity index (χ0) is 18.2. The van der Waals surface area contributed by atoms with E-state index in [1.54, 1.807) is 31.4 Å². The van der Waals surface area contributed by atoms with Crippen LogP contribution in [0.25, 0.3) is 0 Å². The number of hydrogen-bond donors (Lipinski definition) is 2. The van der Waals surface area contributed by atoms with E-state index >= 15 is 0 Å². The molecule has 2 aromatic rings. The summed E-state index contributed by atoms with van der Waals surface area (Å²) in [5.74, 6) is -0.124. The van der Waals surface area contributed by atoms with Crippen molar-refractivity contribution in [1.29, 1.82) is 0 Å². The van der Waals surface area contributed by atoms with Gasteiger partial charge in [-0.2, -0.15) is 0 Å². The molecule has 0 unspecified atom stereocenters. The maximum atomic E-state index is 12.3. The van der Waals surface area contributed by atoms with Crippen molar-refractivity contribution in [1.82, 2.24) is 5.32 Å². The molecule has 0 aromatic heterocycles. The summed E-state index contributed by atoms with van der Waals surface area (Å²) in [6.07, 6.45) is 0. The van der Waals surface area contributed by atoms with Gasteiger partial charge < -0.3 is 20.5 Å². The zero-order valence-electron chi connectivity index (χ0n) is 14.3. The van der Waals surface area contributed by atoms with Gasteiger partial charge in [-0.15, -0.1) is 0 Å². The molecule has 0 radical (unpaired) electrons. The first-order chi connectivity index (χ1) is 12.0. The Labute approximate surface area is 146 Å². The summed E-state index contributed by atoms with van der Waals surface area (Å²) < 4.78 is 10.3. The van der Waals surface area contributed by atoms with E-state index in [9.17, 15) is 9.59 Å². The minimum Gasteiger partial charge on any atom is -0.484 e. The van der Waals surface area contributed by atoms with E-state index in [1.807, 2.05) is 31.2 Å². The lowest BCUT2D eigenvalue weighted by Crippen LogP contribution is -2.26. The molecule has 0 saturated carbocycles. The summed E-state index contributed by atoms with van der Waals surface area (Å²) in [4.78, 5) is 23.0. The highest BCUT2D eigenvalue weighted by Gasteiger charge is 2.11. The molecule has 6 nitrogen and oxygen atoms in total. The van der Waals surface area contributed by atoms with E-state index in [0.29, 0.717) is 17.9 Å². The van der Waals surface area contributed by atoms with Crippen LogP contribution in [0.15, 0.2) is 48.5 Å². The average molecular weight is 342 g/mol. The zero-order valence-corrected chi connectivity index (χ0v) is 14.3. The van der Waals surface area contributed by atoms with Crippen LogP contribution in [0.1, 0.15) is 34.5 Å². The van der Waals surface area contributed by atoms with Crippen molar-refractivity contribution in [2.75, 3.05) is 13.7 Å². The van der Waals surface area contributed by atoms with Gasteiger partial charge in [0.25, 0.3) is 11.8 Å². The molecule has 0 fully saturated rings. The van der Waals surface area contributed by atoms with E-state index in [2.05, 4.69) is 5.32 Å². The van der Waals surface area contributed by atoms with Gasteiger partial charge in [0, 0.05) is 12.7 Å². The third-order valence-corrected chi connectivity index (χ3v) is 3.64. The van der Waals surface area contributed by atoms with Gasteiger partial charge in [-0.05, 0) is 42.3 Å². The molecule has 0 saturated heterocycles. The second kappa shape index (κ2) is 8.84. The first-order valence-electron chi connectivity index (χ1n) is 7.89. The van der Waals surface area contributed by atoms with Crippen molar-refractivity contribution >= 4 is 11.8 Å². The fraction of sp³-hybridized carbons (Fsp3) is 0.263. The molecule has 0 aliphatic rings. The molecule has 132 valence electrons. The summed E-state index contributed by atoms with van der Waals surface area (Å²) in [7, 11) is 1.63. The molecule has 2 rings (SSSR count). The van der Waals surface area contributed by atoms with Crippen LogP contribution in [-0.4, -0.2) is 25.5 Å². The lowest BCUT2D eigenvalue weighted by molar-refractivity contribution is -0.119. The molecule has 0 bridgehead atoms. The topological polar surface area (TPSA) is 90.7 Å². The molecule has 2 aromatic carbocycles. The van der Waals surface area contributed by atoms with Gasteiger partial charge in [0.1, 0.15) is 5.75 Å². The van der Waals surface area contributed by atoms with E-state index in [0.717, 1.165) is 11.1 Å². The average Bonchev–Trinajstić information content (AvgIpc) is 2.61. The number of amides is 2.